The fraction of sp³-hybridized carbons (Fsp3) is 0.647. The Hall–Kier alpha value is -1.66. The maximum atomic E-state index is 12.8. The highest BCUT2D eigenvalue weighted by atomic mass is 16.5. The molecule has 0 saturated carbocycles. The summed E-state index contributed by atoms with van der Waals surface area (Å²) in [5, 5.41) is 0. The first kappa shape index (κ1) is 16.2. The van der Waals surface area contributed by atoms with Gasteiger partial charge in [-0.05, 0) is 44.7 Å². The molecule has 126 valence electrons. The van der Waals surface area contributed by atoms with Crippen LogP contribution in [-0.2, 0) is 9.47 Å². The van der Waals surface area contributed by atoms with Crippen LogP contribution in [-0.4, -0.2) is 54.3 Å². The highest BCUT2D eigenvalue weighted by molar-refractivity contribution is 5.93. The van der Waals surface area contributed by atoms with Crippen molar-refractivity contribution in [2.24, 2.45) is 0 Å². The molecule has 1 amide bonds. The molecule has 1 aromatic rings. The van der Waals surface area contributed by atoms with E-state index in [4.69, 9.17) is 9.47 Å². The Morgan fingerprint density at radius 2 is 1.78 bits per heavy atom. The van der Waals surface area contributed by atoms with Gasteiger partial charge in [-0.15, -0.1) is 0 Å². The molecule has 0 spiro atoms. The standard InChI is InChI=1S/C17H24N2O4/c1-12-6-7-15(16(20)18-12)17(21)19(10-13-4-2-8-22-13)11-14-5-3-9-23-14/h6-7,13-14H,2-5,8-11H2,1H3,(H,18,20). The van der Waals surface area contributed by atoms with Crippen LogP contribution < -0.4 is 5.56 Å². The predicted octanol–water partition coefficient (Wildman–Crippen LogP) is 1.48. The molecule has 2 saturated heterocycles. The number of aromatic amines is 1. The van der Waals surface area contributed by atoms with Crippen molar-refractivity contribution in [2.45, 2.75) is 44.8 Å². The molecule has 2 atom stereocenters. The predicted molar refractivity (Wildman–Crippen MR) is 85.7 cm³/mol. The van der Waals surface area contributed by atoms with Crippen LogP contribution in [0.15, 0.2) is 16.9 Å². The van der Waals surface area contributed by atoms with E-state index < -0.39 is 0 Å². The van der Waals surface area contributed by atoms with Crippen LogP contribution in [0.25, 0.3) is 0 Å². The topological polar surface area (TPSA) is 71.6 Å². The molecule has 0 aliphatic carbocycles. The number of hydrogen-bond acceptors (Lipinski definition) is 4. The first-order valence-electron chi connectivity index (χ1n) is 8.36. The van der Waals surface area contributed by atoms with Gasteiger partial charge in [-0.2, -0.15) is 0 Å². The lowest BCUT2D eigenvalue weighted by Gasteiger charge is -2.27. The van der Waals surface area contributed by atoms with Crippen LogP contribution in [0.1, 0.15) is 41.7 Å². The Morgan fingerprint density at radius 3 is 2.26 bits per heavy atom. The molecule has 6 nitrogen and oxygen atoms in total. The summed E-state index contributed by atoms with van der Waals surface area (Å²) in [4.78, 5) is 29.4. The molecule has 23 heavy (non-hydrogen) atoms. The molecule has 3 rings (SSSR count). The number of carbonyl (C=O) groups is 1. The van der Waals surface area contributed by atoms with Crippen LogP contribution >= 0.6 is 0 Å². The van der Waals surface area contributed by atoms with Gasteiger partial charge in [-0.3, -0.25) is 9.59 Å². The zero-order chi connectivity index (χ0) is 16.2. The first-order valence-corrected chi connectivity index (χ1v) is 8.36. The van der Waals surface area contributed by atoms with Crippen LogP contribution in [0, 0.1) is 6.92 Å². The van der Waals surface area contributed by atoms with E-state index in [0.29, 0.717) is 13.1 Å². The van der Waals surface area contributed by atoms with Gasteiger partial charge in [0.05, 0.1) is 12.2 Å². The summed E-state index contributed by atoms with van der Waals surface area (Å²) in [6.45, 7) is 4.33. The van der Waals surface area contributed by atoms with Crippen LogP contribution in [0.3, 0.4) is 0 Å². The molecule has 6 heteroatoms. The minimum absolute atomic E-state index is 0.0601. The SMILES string of the molecule is Cc1ccc(C(=O)N(CC2CCCO2)CC2CCCO2)c(=O)[nH]1. The van der Waals surface area contributed by atoms with Crippen molar-refractivity contribution in [3.63, 3.8) is 0 Å². The van der Waals surface area contributed by atoms with E-state index >= 15 is 0 Å². The summed E-state index contributed by atoms with van der Waals surface area (Å²) in [5.41, 5.74) is 0.600. The number of aryl methyl sites for hydroxylation is 1. The van der Waals surface area contributed by atoms with Gasteiger partial charge in [-0.1, -0.05) is 0 Å². The molecule has 2 aliphatic rings. The summed E-state index contributed by atoms with van der Waals surface area (Å²) < 4.78 is 11.3. The minimum Gasteiger partial charge on any atom is -0.376 e. The average Bonchev–Trinajstić information content (AvgIpc) is 3.19. The maximum absolute atomic E-state index is 12.8. The summed E-state index contributed by atoms with van der Waals surface area (Å²) in [7, 11) is 0. The molecule has 3 heterocycles. The van der Waals surface area contributed by atoms with Crippen LogP contribution in [0.2, 0.25) is 0 Å². The minimum atomic E-state index is -0.334. The molecule has 0 radical (unpaired) electrons. The van der Waals surface area contributed by atoms with Crippen molar-refractivity contribution in [1.82, 2.24) is 9.88 Å². The lowest BCUT2D eigenvalue weighted by Crippen LogP contribution is -2.43. The summed E-state index contributed by atoms with van der Waals surface area (Å²) >= 11 is 0. The number of hydrogen-bond donors (Lipinski definition) is 1. The summed E-state index contributed by atoms with van der Waals surface area (Å²) in [6, 6.07) is 3.36. The molecule has 0 bridgehead atoms. The lowest BCUT2D eigenvalue weighted by molar-refractivity contribution is 0.0306. The van der Waals surface area contributed by atoms with Gasteiger partial charge in [0.2, 0.25) is 0 Å². The number of amides is 1. The Balaban J connectivity index is 1.77. The number of nitrogens with zero attached hydrogens (tertiary/aromatic N) is 1. The normalized spacial score (nSPS) is 24.0. The van der Waals surface area contributed by atoms with E-state index in [1.54, 1.807) is 24.0 Å². The molecule has 2 aliphatic heterocycles. The van der Waals surface area contributed by atoms with Crippen LogP contribution in [0.4, 0.5) is 0 Å². The van der Waals surface area contributed by atoms with Crippen molar-refractivity contribution in [3.8, 4) is 0 Å². The number of ether oxygens (including phenoxy) is 2. The van der Waals surface area contributed by atoms with Gasteiger partial charge in [0.25, 0.3) is 11.5 Å². The van der Waals surface area contributed by atoms with Gasteiger partial charge in [0.15, 0.2) is 0 Å². The number of carbonyl (C=O) groups excluding carboxylic acids is 1. The third-order valence-corrected chi connectivity index (χ3v) is 4.47. The molecule has 1 aromatic heterocycles. The quantitative estimate of drug-likeness (QED) is 0.892. The summed E-state index contributed by atoms with van der Waals surface area (Å²) in [6.07, 6.45) is 4.09. The highest BCUT2D eigenvalue weighted by Gasteiger charge is 2.28. The highest BCUT2D eigenvalue weighted by Crippen LogP contribution is 2.18. The fourth-order valence-electron chi connectivity index (χ4n) is 3.22. The maximum Gasteiger partial charge on any atom is 0.260 e. The van der Waals surface area contributed by atoms with Gasteiger partial charge in [-0.25, -0.2) is 0 Å². The smallest absolute Gasteiger partial charge is 0.260 e. The molecule has 2 fully saturated rings. The Morgan fingerprint density at radius 1 is 1.17 bits per heavy atom. The van der Waals surface area contributed by atoms with Crippen molar-refractivity contribution in [3.05, 3.63) is 33.7 Å². The average molecular weight is 320 g/mol. The Kier molecular flexibility index (Phi) is 5.13. The van der Waals surface area contributed by atoms with Crippen molar-refractivity contribution in [2.75, 3.05) is 26.3 Å². The van der Waals surface area contributed by atoms with E-state index in [2.05, 4.69) is 4.98 Å². The fourth-order valence-corrected chi connectivity index (χ4v) is 3.22. The Bertz CT molecular complexity index is 583. The molecular weight excluding hydrogens is 296 g/mol. The van der Waals surface area contributed by atoms with Crippen LogP contribution in [0.5, 0.6) is 0 Å². The lowest BCUT2D eigenvalue weighted by atomic mass is 10.1. The van der Waals surface area contributed by atoms with Gasteiger partial charge in [0.1, 0.15) is 5.56 Å². The second-order valence-corrected chi connectivity index (χ2v) is 6.36. The summed E-state index contributed by atoms with van der Waals surface area (Å²) in [5.74, 6) is -0.239. The van der Waals surface area contributed by atoms with Crippen molar-refractivity contribution in [1.29, 1.82) is 0 Å². The number of H-pyrrole nitrogens is 1. The van der Waals surface area contributed by atoms with Crippen molar-refractivity contribution < 1.29 is 14.3 Å². The van der Waals surface area contributed by atoms with Crippen molar-refractivity contribution >= 4 is 5.91 Å². The molecular formula is C17H24N2O4. The molecule has 1 N–H and O–H groups in total. The Labute approximate surface area is 135 Å². The third kappa shape index (κ3) is 4.00. The molecule has 2 unspecified atom stereocenters. The third-order valence-electron chi connectivity index (χ3n) is 4.47. The number of rotatable bonds is 5. The first-order chi connectivity index (χ1) is 11.1. The van der Waals surface area contributed by atoms with Gasteiger partial charge < -0.3 is 19.4 Å². The van der Waals surface area contributed by atoms with E-state index in [-0.39, 0.29) is 29.2 Å². The second kappa shape index (κ2) is 7.27. The van der Waals surface area contributed by atoms with Gasteiger partial charge in [0, 0.05) is 32.0 Å². The number of pyridine rings is 1. The van der Waals surface area contributed by atoms with E-state index in [1.165, 1.54) is 0 Å². The monoisotopic (exact) mass is 320 g/mol. The second-order valence-electron chi connectivity index (χ2n) is 6.36. The largest absolute Gasteiger partial charge is 0.376 e. The van der Waals surface area contributed by atoms with E-state index in [0.717, 1.165) is 44.6 Å². The van der Waals surface area contributed by atoms with E-state index in [9.17, 15) is 9.59 Å². The zero-order valence-electron chi connectivity index (χ0n) is 13.5. The van der Waals surface area contributed by atoms with E-state index in [1.807, 2.05) is 0 Å². The number of aromatic nitrogens is 1. The van der Waals surface area contributed by atoms with Gasteiger partial charge >= 0.3 is 0 Å². The zero-order valence-corrected chi connectivity index (χ0v) is 13.5. The number of nitrogens with one attached hydrogen (secondary N) is 1. The molecule has 0 aromatic carbocycles.